The highest BCUT2D eigenvalue weighted by atomic mass is 15.1. The van der Waals surface area contributed by atoms with Gasteiger partial charge in [0.1, 0.15) is 0 Å². The van der Waals surface area contributed by atoms with Gasteiger partial charge in [-0.3, -0.25) is 0 Å². The maximum absolute atomic E-state index is 4.66. The SMILES string of the molecule is C#CC=C.C/C=C\CC(C)N(CCC)CCCC.C=C/C=C\C=C/C.CC.CCC. The van der Waals surface area contributed by atoms with Crippen LogP contribution >= 0.6 is 0 Å². The maximum atomic E-state index is 4.66. The Labute approximate surface area is 192 Å². The van der Waals surface area contributed by atoms with Crippen LogP contribution in [0.1, 0.15) is 94.4 Å². The monoisotopic (exact) mass is 417 g/mol. The molecule has 1 atom stereocenters. The van der Waals surface area contributed by atoms with Gasteiger partial charge in [-0.15, -0.1) is 6.42 Å². The summed E-state index contributed by atoms with van der Waals surface area (Å²) in [5.74, 6) is 2.19. The van der Waals surface area contributed by atoms with Crippen molar-refractivity contribution in [3.05, 3.63) is 61.8 Å². The van der Waals surface area contributed by atoms with Crippen molar-refractivity contribution in [1.82, 2.24) is 4.90 Å². The molecule has 176 valence electrons. The van der Waals surface area contributed by atoms with Crippen LogP contribution in [0.5, 0.6) is 0 Å². The standard InChI is InChI=1S/C13H27N.C7H10.C4H4.C3H8.C2H6/c1-5-8-10-13(4)14(11-7-3)12-9-6-2;1-3-5-7-6-4-2;1-3-4-2;1-3-2;1-2/h5,8,13H,6-7,9-12H2,1-4H3;3-7H,1H2,2H3;1,4H,2H2;3H2,1-2H3;1-2H3/b8-5-;6-4-,7-5-;;;. The van der Waals surface area contributed by atoms with Crippen LogP contribution in [0.25, 0.3) is 0 Å². The van der Waals surface area contributed by atoms with Crippen LogP contribution in [-0.2, 0) is 0 Å². The van der Waals surface area contributed by atoms with Gasteiger partial charge in [0.2, 0.25) is 0 Å². The third-order valence-corrected chi connectivity index (χ3v) is 3.31. The first-order chi connectivity index (χ1) is 14.5. The third-order valence-electron chi connectivity index (χ3n) is 3.31. The predicted molar refractivity (Wildman–Crippen MR) is 146 cm³/mol. The first-order valence-electron chi connectivity index (χ1n) is 11.8. The Balaban J connectivity index is -0.000000108. The zero-order chi connectivity index (χ0) is 24.5. The molecule has 0 aromatic heterocycles. The van der Waals surface area contributed by atoms with E-state index in [2.05, 4.69) is 84.1 Å². The highest BCUT2D eigenvalue weighted by Crippen LogP contribution is 2.07. The molecule has 1 unspecified atom stereocenters. The van der Waals surface area contributed by atoms with E-state index in [9.17, 15) is 0 Å². The molecule has 0 N–H and O–H groups in total. The Morgan fingerprint density at radius 1 is 0.900 bits per heavy atom. The highest BCUT2D eigenvalue weighted by Gasteiger charge is 2.10. The van der Waals surface area contributed by atoms with E-state index in [1.54, 1.807) is 6.08 Å². The van der Waals surface area contributed by atoms with Gasteiger partial charge in [0.15, 0.2) is 0 Å². The Morgan fingerprint density at radius 3 is 1.77 bits per heavy atom. The van der Waals surface area contributed by atoms with Crippen molar-refractivity contribution in [1.29, 1.82) is 0 Å². The predicted octanol–water partition coefficient (Wildman–Crippen LogP) is 9.41. The van der Waals surface area contributed by atoms with Crippen molar-refractivity contribution in [2.24, 2.45) is 0 Å². The van der Waals surface area contributed by atoms with E-state index in [1.165, 1.54) is 51.3 Å². The van der Waals surface area contributed by atoms with Gasteiger partial charge in [-0.05, 0) is 59.2 Å². The minimum absolute atomic E-state index is 0.706. The van der Waals surface area contributed by atoms with Crippen molar-refractivity contribution in [2.75, 3.05) is 13.1 Å². The maximum Gasteiger partial charge on any atom is 0.0101 e. The Morgan fingerprint density at radius 2 is 1.43 bits per heavy atom. The van der Waals surface area contributed by atoms with E-state index in [-0.39, 0.29) is 0 Å². The molecule has 0 saturated heterocycles. The molecular weight excluding hydrogens is 362 g/mol. The molecule has 0 fully saturated rings. The number of hydrogen-bond acceptors (Lipinski definition) is 1. The summed E-state index contributed by atoms with van der Waals surface area (Å²) >= 11 is 0. The first-order valence-corrected chi connectivity index (χ1v) is 11.8. The minimum atomic E-state index is 0.706. The molecule has 0 spiro atoms. The fraction of sp³-hybridized carbons (Fsp3) is 0.586. The molecule has 30 heavy (non-hydrogen) atoms. The first kappa shape index (κ1) is 38.8. The van der Waals surface area contributed by atoms with E-state index in [4.69, 9.17) is 0 Å². The Bertz CT molecular complexity index is 407. The molecule has 0 aliphatic heterocycles. The Kier molecular flexibility index (Phi) is 59.2. The van der Waals surface area contributed by atoms with Crippen molar-refractivity contribution in [2.45, 2.75) is 100 Å². The smallest absolute Gasteiger partial charge is 0.0101 e. The lowest BCUT2D eigenvalue weighted by Gasteiger charge is -2.27. The summed E-state index contributed by atoms with van der Waals surface area (Å²) in [5, 5.41) is 0. The molecule has 0 heterocycles. The molecule has 0 amide bonds. The normalized spacial score (nSPS) is 10.4. The van der Waals surface area contributed by atoms with Crippen molar-refractivity contribution >= 4 is 0 Å². The van der Waals surface area contributed by atoms with Crippen LogP contribution in [0.15, 0.2) is 61.8 Å². The molecule has 0 aliphatic rings. The number of unbranched alkanes of at least 4 members (excludes halogenated alkanes) is 1. The Hall–Kier alpha value is -1.78. The second-order valence-electron chi connectivity index (χ2n) is 6.27. The molecule has 0 aliphatic carbocycles. The number of allylic oxidation sites excluding steroid dienone is 7. The van der Waals surface area contributed by atoms with Gasteiger partial charge in [-0.2, -0.15) is 0 Å². The topological polar surface area (TPSA) is 3.24 Å². The van der Waals surface area contributed by atoms with Gasteiger partial charge in [0.25, 0.3) is 0 Å². The van der Waals surface area contributed by atoms with E-state index in [0.717, 1.165) is 0 Å². The van der Waals surface area contributed by atoms with Crippen LogP contribution in [0, 0.1) is 12.3 Å². The van der Waals surface area contributed by atoms with Crippen LogP contribution in [0.2, 0.25) is 0 Å². The van der Waals surface area contributed by atoms with Gasteiger partial charge < -0.3 is 4.90 Å². The van der Waals surface area contributed by atoms with E-state index >= 15 is 0 Å². The van der Waals surface area contributed by atoms with Gasteiger partial charge in [-0.1, -0.05) is 116 Å². The summed E-state index contributed by atoms with van der Waals surface area (Å²) in [6.45, 7) is 28.5. The fourth-order valence-corrected chi connectivity index (χ4v) is 1.94. The quantitative estimate of drug-likeness (QED) is 0.194. The second kappa shape index (κ2) is 45.8. The lowest BCUT2D eigenvalue weighted by Crippen LogP contribution is -2.34. The number of rotatable bonds is 10. The average molecular weight is 418 g/mol. The molecule has 1 nitrogen and oxygen atoms in total. The van der Waals surface area contributed by atoms with Gasteiger partial charge in [-0.25, -0.2) is 0 Å². The summed E-state index contributed by atoms with van der Waals surface area (Å²) in [6, 6.07) is 0.706. The fourth-order valence-electron chi connectivity index (χ4n) is 1.94. The summed E-state index contributed by atoms with van der Waals surface area (Å²) in [4.78, 5) is 2.61. The lowest BCUT2D eigenvalue weighted by molar-refractivity contribution is 0.207. The van der Waals surface area contributed by atoms with Crippen LogP contribution in [0.4, 0.5) is 0 Å². The minimum Gasteiger partial charge on any atom is -0.300 e. The summed E-state index contributed by atoms with van der Waals surface area (Å²) in [6.07, 6.45) is 26.3. The molecule has 1 heteroatoms. The van der Waals surface area contributed by atoms with Gasteiger partial charge in [0, 0.05) is 6.04 Å². The summed E-state index contributed by atoms with van der Waals surface area (Å²) < 4.78 is 0. The largest absolute Gasteiger partial charge is 0.300 e. The molecule has 0 bridgehead atoms. The zero-order valence-electron chi connectivity index (χ0n) is 22.1. The molecule has 0 saturated carbocycles. The van der Waals surface area contributed by atoms with Crippen molar-refractivity contribution < 1.29 is 0 Å². The van der Waals surface area contributed by atoms with Crippen LogP contribution < -0.4 is 0 Å². The zero-order valence-corrected chi connectivity index (χ0v) is 22.1. The van der Waals surface area contributed by atoms with E-state index < -0.39 is 0 Å². The molecule has 0 radical (unpaired) electrons. The van der Waals surface area contributed by atoms with E-state index in [0.29, 0.717) is 6.04 Å². The van der Waals surface area contributed by atoms with Crippen molar-refractivity contribution in [3.8, 4) is 12.3 Å². The van der Waals surface area contributed by atoms with E-state index in [1.807, 2.05) is 45.1 Å². The van der Waals surface area contributed by atoms with Gasteiger partial charge in [0.05, 0.1) is 0 Å². The lowest BCUT2D eigenvalue weighted by atomic mass is 10.1. The number of terminal acetylenes is 1. The second-order valence-corrected chi connectivity index (χ2v) is 6.27. The number of hydrogen-bond donors (Lipinski definition) is 0. The summed E-state index contributed by atoms with van der Waals surface area (Å²) in [5.41, 5.74) is 0. The highest BCUT2D eigenvalue weighted by molar-refractivity contribution is 5.07. The summed E-state index contributed by atoms with van der Waals surface area (Å²) in [7, 11) is 0. The van der Waals surface area contributed by atoms with Crippen LogP contribution in [-0.4, -0.2) is 24.0 Å². The molecule has 0 aromatic rings. The third kappa shape index (κ3) is 50.2. The molecule has 0 rings (SSSR count). The molecule has 0 aromatic carbocycles. The molecular formula is C29H55N. The average Bonchev–Trinajstić information content (AvgIpc) is 2.78. The van der Waals surface area contributed by atoms with Crippen LogP contribution in [0.3, 0.4) is 0 Å². The van der Waals surface area contributed by atoms with Crippen molar-refractivity contribution in [3.63, 3.8) is 0 Å². The number of nitrogens with zero attached hydrogens (tertiary/aromatic N) is 1. The van der Waals surface area contributed by atoms with Gasteiger partial charge >= 0.3 is 0 Å².